The topological polar surface area (TPSA) is 44.4 Å². The van der Waals surface area contributed by atoms with E-state index in [0.29, 0.717) is 12.6 Å². The molecule has 3 rings (SSSR count). The van der Waals surface area contributed by atoms with Crippen molar-refractivity contribution in [2.45, 2.75) is 31.8 Å². The summed E-state index contributed by atoms with van der Waals surface area (Å²) in [6.07, 6.45) is 3.41. The summed E-state index contributed by atoms with van der Waals surface area (Å²) in [5.74, 6) is 0.114. The summed E-state index contributed by atoms with van der Waals surface area (Å²) in [7, 11) is 2.13. The SMILES string of the molecule is CN1CCc2cc(CNCC(=O)NC3CC3)ccc21. The largest absolute Gasteiger partial charge is 0.374 e. The van der Waals surface area contributed by atoms with Gasteiger partial charge in [0.25, 0.3) is 0 Å². The molecule has 4 nitrogen and oxygen atoms in total. The first-order valence-electron chi connectivity index (χ1n) is 7.05. The van der Waals surface area contributed by atoms with E-state index in [2.05, 4.69) is 40.8 Å². The van der Waals surface area contributed by atoms with E-state index in [1.165, 1.54) is 16.8 Å². The van der Waals surface area contributed by atoms with Gasteiger partial charge < -0.3 is 15.5 Å². The van der Waals surface area contributed by atoms with Gasteiger partial charge in [-0.1, -0.05) is 12.1 Å². The fourth-order valence-corrected chi connectivity index (χ4v) is 2.56. The number of nitrogens with one attached hydrogen (secondary N) is 2. The van der Waals surface area contributed by atoms with Gasteiger partial charge in [0.1, 0.15) is 0 Å². The van der Waals surface area contributed by atoms with E-state index >= 15 is 0 Å². The molecule has 0 aromatic heterocycles. The fourth-order valence-electron chi connectivity index (χ4n) is 2.56. The molecule has 19 heavy (non-hydrogen) atoms. The molecule has 1 fully saturated rings. The number of rotatable bonds is 5. The molecule has 1 aliphatic carbocycles. The number of benzene rings is 1. The van der Waals surface area contributed by atoms with Crippen molar-refractivity contribution >= 4 is 11.6 Å². The highest BCUT2D eigenvalue weighted by atomic mass is 16.2. The minimum atomic E-state index is 0.114. The van der Waals surface area contributed by atoms with Crippen LogP contribution in [0.2, 0.25) is 0 Å². The number of anilines is 1. The summed E-state index contributed by atoms with van der Waals surface area (Å²) >= 11 is 0. The van der Waals surface area contributed by atoms with Gasteiger partial charge in [0.15, 0.2) is 0 Å². The number of amides is 1. The molecule has 0 bridgehead atoms. The lowest BCUT2D eigenvalue weighted by Gasteiger charge is -2.12. The van der Waals surface area contributed by atoms with Crippen molar-refractivity contribution < 1.29 is 4.79 Å². The molecule has 2 N–H and O–H groups in total. The normalized spacial score (nSPS) is 17.4. The van der Waals surface area contributed by atoms with Crippen LogP contribution in [0.3, 0.4) is 0 Å². The Morgan fingerprint density at radius 1 is 1.42 bits per heavy atom. The Morgan fingerprint density at radius 3 is 3.05 bits per heavy atom. The molecule has 0 spiro atoms. The van der Waals surface area contributed by atoms with Crippen LogP contribution in [-0.4, -0.2) is 32.1 Å². The first-order valence-corrected chi connectivity index (χ1v) is 7.05. The zero-order valence-corrected chi connectivity index (χ0v) is 11.4. The van der Waals surface area contributed by atoms with E-state index in [1.54, 1.807) is 0 Å². The zero-order valence-electron chi connectivity index (χ0n) is 11.4. The average Bonchev–Trinajstić information content (AvgIpc) is 3.13. The Balaban J connectivity index is 1.48. The molecule has 1 aromatic rings. The molecule has 0 saturated heterocycles. The molecule has 2 aliphatic rings. The van der Waals surface area contributed by atoms with E-state index in [9.17, 15) is 4.79 Å². The number of carbonyl (C=O) groups is 1. The Hall–Kier alpha value is -1.55. The summed E-state index contributed by atoms with van der Waals surface area (Å²) in [6.45, 7) is 2.28. The summed E-state index contributed by atoms with van der Waals surface area (Å²) in [4.78, 5) is 13.8. The van der Waals surface area contributed by atoms with E-state index < -0.39 is 0 Å². The van der Waals surface area contributed by atoms with Crippen LogP contribution in [0.5, 0.6) is 0 Å². The lowest BCUT2D eigenvalue weighted by atomic mass is 10.1. The molecule has 0 radical (unpaired) electrons. The summed E-state index contributed by atoms with van der Waals surface area (Å²) in [5.41, 5.74) is 4.02. The molecule has 1 aromatic carbocycles. The average molecular weight is 259 g/mol. The van der Waals surface area contributed by atoms with Crippen LogP contribution in [0.15, 0.2) is 18.2 Å². The third kappa shape index (κ3) is 3.07. The lowest BCUT2D eigenvalue weighted by molar-refractivity contribution is -0.120. The minimum Gasteiger partial charge on any atom is -0.374 e. The quantitative estimate of drug-likeness (QED) is 0.830. The van der Waals surface area contributed by atoms with Gasteiger partial charge in [-0.15, -0.1) is 0 Å². The Labute approximate surface area is 114 Å². The molecule has 1 heterocycles. The van der Waals surface area contributed by atoms with Crippen LogP contribution in [-0.2, 0) is 17.8 Å². The van der Waals surface area contributed by atoms with E-state index in [1.807, 2.05) is 0 Å². The van der Waals surface area contributed by atoms with E-state index in [-0.39, 0.29) is 5.91 Å². The van der Waals surface area contributed by atoms with Crippen molar-refractivity contribution in [2.24, 2.45) is 0 Å². The van der Waals surface area contributed by atoms with Crippen molar-refractivity contribution in [3.05, 3.63) is 29.3 Å². The van der Waals surface area contributed by atoms with Crippen molar-refractivity contribution in [3.63, 3.8) is 0 Å². The van der Waals surface area contributed by atoms with Gasteiger partial charge in [0.2, 0.25) is 5.91 Å². The van der Waals surface area contributed by atoms with Crippen molar-refractivity contribution in [1.82, 2.24) is 10.6 Å². The minimum absolute atomic E-state index is 0.114. The van der Waals surface area contributed by atoms with Gasteiger partial charge in [-0.05, 0) is 36.5 Å². The maximum absolute atomic E-state index is 11.5. The third-order valence-corrected chi connectivity index (χ3v) is 3.83. The molecule has 0 atom stereocenters. The van der Waals surface area contributed by atoms with Gasteiger partial charge in [-0.2, -0.15) is 0 Å². The summed E-state index contributed by atoms with van der Waals surface area (Å²) in [5, 5.41) is 6.19. The zero-order chi connectivity index (χ0) is 13.2. The number of hydrogen-bond donors (Lipinski definition) is 2. The van der Waals surface area contributed by atoms with Crippen LogP contribution < -0.4 is 15.5 Å². The highest BCUT2D eigenvalue weighted by Crippen LogP contribution is 2.27. The summed E-state index contributed by atoms with van der Waals surface area (Å²) in [6, 6.07) is 7.03. The Kier molecular flexibility index (Phi) is 3.42. The number of nitrogens with zero attached hydrogens (tertiary/aromatic N) is 1. The molecular formula is C15H21N3O. The molecule has 0 unspecified atom stereocenters. The molecular weight excluding hydrogens is 238 g/mol. The number of carbonyl (C=O) groups excluding carboxylic acids is 1. The van der Waals surface area contributed by atoms with E-state index in [4.69, 9.17) is 0 Å². The second-order valence-electron chi connectivity index (χ2n) is 5.58. The first-order chi connectivity index (χ1) is 9.22. The Morgan fingerprint density at radius 2 is 2.26 bits per heavy atom. The monoisotopic (exact) mass is 259 g/mol. The van der Waals surface area contributed by atoms with Crippen molar-refractivity contribution in [2.75, 3.05) is 25.0 Å². The predicted molar refractivity (Wildman–Crippen MR) is 76.3 cm³/mol. The molecule has 102 valence electrons. The second-order valence-corrected chi connectivity index (χ2v) is 5.58. The maximum Gasteiger partial charge on any atom is 0.234 e. The molecule has 1 amide bonds. The lowest BCUT2D eigenvalue weighted by Crippen LogP contribution is -2.34. The standard InChI is InChI=1S/C15H21N3O/c1-18-7-6-12-8-11(2-5-14(12)18)9-16-10-15(19)17-13-3-4-13/h2,5,8,13,16H,3-4,6-7,9-10H2,1H3,(H,17,19). The van der Waals surface area contributed by atoms with Gasteiger partial charge in [0, 0.05) is 31.9 Å². The van der Waals surface area contributed by atoms with Gasteiger partial charge >= 0.3 is 0 Å². The molecule has 4 heteroatoms. The highest BCUT2D eigenvalue weighted by molar-refractivity contribution is 5.78. The predicted octanol–water partition coefficient (Wildman–Crippen LogP) is 1.05. The van der Waals surface area contributed by atoms with Crippen molar-refractivity contribution in [1.29, 1.82) is 0 Å². The van der Waals surface area contributed by atoms with E-state index in [0.717, 1.165) is 32.4 Å². The van der Waals surface area contributed by atoms with Gasteiger partial charge in [-0.25, -0.2) is 0 Å². The van der Waals surface area contributed by atoms with Crippen LogP contribution in [0, 0.1) is 0 Å². The molecule has 1 saturated carbocycles. The van der Waals surface area contributed by atoms with Crippen LogP contribution in [0.4, 0.5) is 5.69 Å². The second kappa shape index (κ2) is 5.21. The van der Waals surface area contributed by atoms with Gasteiger partial charge in [0.05, 0.1) is 6.54 Å². The fraction of sp³-hybridized carbons (Fsp3) is 0.533. The van der Waals surface area contributed by atoms with Gasteiger partial charge in [-0.3, -0.25) is 4.79 Å². The third-order valence-electron chi connectivity index (χ3n) is 3.83. The number of fused-ring (bicyclic) bond motifs is 1. The smallest absolute Gasteiger partial charge is 0.234 e. The Bertz CT molecular complexity index is 482. The van der Waals surface area contributed by atoms with Crippen LogP contribution in [0.1, 0.15) is 24.0 Å². The van der Waals surface area contributed by atoms with Crippen LogP contribution in [0.25, 0.3) is 0 Å². The highest BCUT2D eigenvalue weighted by Gasteiger charge is 2.22. The first kappa shape index (κ1) is 12.5. The summed E-state index contributed by atoms with van der Waals surface area (Å²) < 4.78 is 0. The number of likely N-dealkylation sites (N-methyl/N-ethyl adjacent to an activating group) is 1. The van der Waals surface area contributed by atoms with Crippen LogP contribution >= 0.6 is 0 Å². The maximum atomic E-state index is 11.5. The number of hydrogen-bond acceptors (Lipinski definition) is 3. The molecule has 1 aliphatic heterocycles. The van der Waals surface area contributed by atoms with Crippen molar-refractivity contribution in [3.8, 4) is 0 Å².